The van der Waals surface area contributed by atoms with E-state index in [1.54, 1.807) is 37.3 Å². The smallest absolute Gasteiger partial charge is 0.267 e. The van der Waals surface area contributed by atoms with E-state index in [1.165, 1.54) is 6.20 Å². The molecule has 7 nitrogen and oxygen atoms in total. The summed E-state index contributed by atoms with van der Waals surface area (Å²) < 4.78 is 4.86. The van der Waals surface area contributed by atoms with Gasteiger partial charge in [-0.2, -0.15) is 5.26 Å². The predicted molar refractivity (Wildman–Crippen MR) is 78.0 cm³/mol. The quantitative estimate of drug-likeness (QED) is 0.449. The Hall–Kier alpha value is -3.27. The molecule has 0 saturated carbocycles. The summed E-state index contributed by atoms with van der Waals surface area (Å²) in [6.45, 7) is 1.74. The number of nitrogen functional groups attached to an aromatic ring is 1. The maximum absolute atomic E-state index is 11.9. The molecule has 2 rings (SSSR count). The minimum absolute atomic E-state index is 0.0903. The monoisotopic (exact) mass is 283 g/mol. The van der Waals surface area contributed by atoms with Crippen molar-refractivity contribution < 1.29 is 9.32 Å². The number of aromatic nitrogens is 1. The van der Waals surface area contributed by atoms with Crippen molar-refractivity contribution in [2.45, 2.75) is 6.92 Å². The van der Waals surface area contributed by atoms with Crippen LogP contribution in [-0.4, -0.2) is 11.1 Å². The molecule has 1 aromatic carbocycles. The van der Waals surface area contributed by atoms with Gasteiger partial charge in [0, 0.05) is 23.6 Å². The van der Waals surface area contributed by atoms with Crippen LogP contribution >= 0.6 is 0 Å². The van der Waals surface area contributed by atoms with Gasteiger partial charge in [0.1, 0.15) is 17.4 Å². The first-order chi connectivity index (χ1) is 10.1. The molecule has 0 atom stereocenters. The number of nitriles is 1. The molecule has 7 heteroatoms. The molecule has 0 bridgehead atoms. The first-order valence-electron chi connectivity index (χ1n) is 6.05. The molecular weight excluding hydrogens is 270 g/mol. The Labute approximate surface area is 121 Å². The van der Waals surface area contributed by atoms with Crippen LogP contribution in [0.5, 0.6) is 0 Å². The molecule has 2 aromatic rings. The Morgan fingerprint density at radius 3 is 2.71 bits per heavy atom. The molecule has 0 fully saturated rings. The van der Waals surface area contributed by atoms with Gasteiger partial charge in [0.05, 0.1) is 0 Å². The van der Waals surface area contributed by atoms with Gasteiger partial charge in [-0.05, 0) is 31.2 Å². The number of hydrogen-bond donors (Lipinski definition) is 3. The normalized spacial score (nSPS) is 10.8. The van der Waals surface area contributed by atoms with Gasteiger partial charge in [0.15, 0.2) is 5.82 Å². The fourth-order valence-corrected chi connectivity index (χ4v) is 1.49. The highest BCUT2D eigenvalue weighted by Crippen LogP contribution is 2.12. The highest BCUT2D eigenvalue weighted by Gasteiger charge is 2.09. The summed E-state index contributed by atoms with van der Waals surface area (Å²) in [4.78, 5) is 11.9. The van der Waals surface area contributed by atoms with Gasteiger partial charge >= 0.3 is 0 Å². The van der Waals surface area contributed by atoms with Crippen LogP contribution in [0.25, 0.3) is 0 Å². The van der Waals surface area contributed by atoms with E-state index in [9.17, 15) is 4.79 Å². The van der Waals surface area contributed by atoms with Crippen LogP contribution in [0.2, 0.25) is 0 Å². The Bertz CT molecular complexity index is 710. The number of nitrogens with two attached hydrogens (primary N) is 1. The number of benzene rings is 1. The van der Waals surface area contributed by atoms with Crippen molar-refractivity contribution in [3.05, 3.63) is 47.9 Å². The minimum Gasteiger partial charge on any atom is -0.399 e. The highest BCUT2D eigenvalue weighted by atomic mass is 16.5. The lowest BCUT2D eigenvalue weighted by molar-refractivity contribution is -0.112. The van der Waals surface area contributed by atoms with Crippen molar-refractivity contribution in [1.82, 2.24) is 5.16 Å². The Morgan fingerprint density at radius 2 is 2.14 bits per heavy atom. The van der Waals surface area contributed by atoms with Crippen molar-refractivity contribution in [3.8, 4) is 6.07 Å². The topological polar surface area (TPSA) is 117 Å². The van der Waals surface area contributed by atoms with Gasteiger partial charge in [0.2, 0.25) is 0 Å². The zero-order valence-electron chi connectivity index (χ0n) is 11.3. The molecule has 0 saturated heterocycles. The van der Waals surface area contributed by atoms with Crippen molar-refractivity contribution in [2.75, 3.05) is 16.4 Å². The minimum atomic E-state index is -0.532. The van der Waals surface area contributed by atoms with E-state index >= 15 is 0 Å². The van der Waals surface area contributed by atoms with Crippen molar-refractivity contribution >= 4 is 23.1 Å². The molecule has 21 heavy (non-hydrogen) atoms. The number of carbonyl (C=O) groups excluding carboxylic acids is 1. The summed E-state index contributed by atoms with van der Waals surface area (Å²) in [7, 11) is 0. The number of hydrogen-bond acceptors (Lipinski definition) is 6. The number of nitrogens with one attached hydrogen (secondary N) is 2. The zero-order chi connectivity index (χ0) is 15.2. The molecule has 106 valence electrons. The predicted octanol–water partition coefficient (Wildman–Crippen LogP) is 2.02. The van der Waals surface area contributed by atoms with Crippen LogP contribution in [-0.2, 0) is 4.79 Å². The first kappa shape index (κ1) is 14.1. The van der Waals surface area contributed by atoms with Crippen LogP contribution in [0.3, 0.4) is 0 Å². The second-order valence-corrected chi connectivity index (χ2v) is 4.21. The number of carbonyl (C=O) groups is 1. The molecule has 0 radical (unpaired) electrons. The van der Waals surface area contributed by atoms with Crippen molar-refractivity contribution in [1.29, 1.82) is 5.26 Å². The average Bonchev–Trinajstić information content (AvgIpc) is 2.88. The molecule has 0 aliphatic carbocycles. The van der Waals surface area contributed by atoms with Crippen LogP contribution in [0.4, 0.5) is 17.2 Å². The van der Waals surface area contributed by atoms with Gasteiger partial charge in [-0.25, -0.2) is 0 Å². The zero-order valence-corrected chi connectivity index (χ0v) is 11.3. The van der Waals surface area contributed by atoms with E-state index in [1.807, 2.05) is 6.07 Å². The van der Waals surface area contributed by atoms with Crippen molar-refractivity contribution in [2.24, 2.45) is 0 Å². The van der Waals surface area contributed by atoms with E-state index in [0.717, 1.165) is 0 Å². The van der Waals surface area contributed by atoms with Gasteiger partial charge in [-0.15, -0.1) is 0 Å². The molecule has 0 aliphatic rings. The summed E-state index contributed by atoms with van der Waals surface area (Å²) in [5.74, 6) is 0.506. The fourth-order valence-electron chi connectivity index (χ4n) is 1.49. The van der Waals surface area contributed by atoms with E-state index < -0.39 is 5.91 Å². The van der Waals surface area contributed by atoms with E-state index in [2.05, 4.69) is 15.8 Å². The average molecular weight is 283 g/mol. The van der Waals surface area contributed by atoms with Crippen LogP contribution < -0.4 is 16.4 Å². The number of anilines is 3. The van der Waals surface area contributed by atoms with Crippen LogP contribution in [0, 0.1) is 18.3 Å². The summed E-state index contributed by atoms with van der Waals surface area (Å²) >= 11 is 0. The molecule has 1 heterocycles. The van der Waals surface area contributed by atoms with E-state index in [0.29, 0.717) is 23.0 Å². The summed E-state index contributed by atoms with van der Waals surface area (Å²) in [5.41, 5.74) is 6.60. The van der Waals surface area contributed by atoms with Gasteiger partial charge < -0.3 is 20.9 Å². The van der Waals surface area contributed by atoms with E-state index in [4.69, 9.17) is 15.5 Å². The Morgan fingerprint density at radius 1 is 1.43 bits per heavy atom. The number of amides is 1. The molecule has 0 unspecified atom stereocenters. The Kier molecular flexibility index (Phi) is 4.21. The Balaban J connectivity index is 2.04. The molecule has 1 aromatic heterocycles. The lowest BCUT2D eigenvalue weighted by Gasteiger charge is -2.04. The SMILES string of the molecule is Cc1cc(N/C=C(/C#N)C(=O)Nc2ccc(N)cc2)no1. The number of aryl methyl sites for hydroxylation is 1. The third-order valence-electron chi connectivity index (χ3n) is 2.53. The molecule has 0 spiro atoms. The first-order valence-corrected chi connectivity index (χ1v) is 6.05. The lowest BCUT2D eigenvalue weighted by Crippen LogP contribution is -2.14. The second-order valence-electron chi connectivity index (χ2n) is 4.21. The summed E-state index contributed by atoms with van der Waals surface area (Å²) in [5, 5.41) is 18.0. The van der Waals surface area contributed by atoms with Crippen LogP contribution in [0.1, 0.15) is 5.76 Å². The van der Waals surface area contributed by atoms with Gasteiger partial charge in [-0.1, -0.05) is 5.16 Å². The summed E-state index contributed by atoms with van der Waals surface area (Å²) in [6.07, 6.45) is 1.27. The lowest BCUT2D eigenvalue weighted by atomic mass is 10.2. The number of rotatable bonds is 4. The molecule has 1 amide bonds. The highest BCUT2D eigenvalue weighted by molar-refractivity contribution is 6.06. The largest absolute Gasteiger partial charge is 0.399 e. The second kappa shape index (κ2) is 6.25. The molecule has 0 aliphatic heterocycles. The third kappa shape index (κ3) is 3.84. The fraction of sp³-hybridized carbons (Fsp3) is 0.0714. The maximum atomic E-state index is 11.9. The van der Waals surface area contributed by atoms with Gasteiger partial charge in [0.25, 0.3) is 5.91 Å². The third-order valence-corrected chi connectivity index (χ3v) is 2.53. The van der Waals surface area contributed by atoms with Crippen molar-refractivity contribution in [3.63, 3.8) is 0 Å². The summed E-state index contributed by atoms with van der Waals surface area (Å²) in [6, 6.07) is 10.1. The van der Waals surface area contributed by atoms with E-state index in [-0.39, 0.29) is 5.57 Å². The number of nitrogens with zero attached hydrogens (tertiary/aromatic N) is 2. The van der Waals surface area contributed by atoms with Crippen LogP contribution in [0.15, 0.2) is 46.6 Å². The maximum Gasteiger partial charge on any atom is 0.267 e. The standard InChI is InChI=1S/C14H13N5O2/c1-9-6-13(19-21-9)17-8-10(7-15)14(20)18-12-4-2-11(16)3-5-12/h2-6,8H,16H2,1H3,(H,17,19)(H,18,20)/b10-8-. The molecule has 4 N–H and O–H groups in total. The van der Waals surface area contributed by atoms with Gasteiger partial charge in [-0.3, -0.25) is 4.79 Å². The molecular formula is C14H13N5O2.